The van der Waals surface area contributed by atoms with Gasteiger partial charge in [0.05, 0.1) is 14.2 Å². The normalized spacial score (nSPS) is 12.6. The molecule has 2 nitrogen and oxygen atoms in total. The summed E-state index contributed by atoms with van der Waals surface area (Å²) in [5.41, 5.74) is 7.48. The molecule has 10 aromatic rings. The predicted molar refractivity (Wildman–Crippen MR) is 194 cm³/mol. The number of rotatable bonds is 3. The minimum Gasteiger partial charge on any atom is -0.497 e. The summed E-state index contributed by atoms with van der Waals surface area (Å²) in [6.45, 7) is 0. The summed E-state index contributed by atoms with van der Waals surface area (Å²) in [7, 11) is 3.56. The zero-order valence-corrected chi connectivity index (χ0v) is 25.4. The number of fused-ring (bicyclic) bond motifs is 9. The third kappa shape index (κ3) is 2.84. The van der Waals surface area contributed by atoms with Crippen LogP contribution in [0.2, 0.25) is 0 Å². The van der Waals surface area contributed by atoms with Crippen LogP contribution in [0.1, 0.15) is 0 Å². The van der Waals surface area contributed by atoms with Gasteiger partial charge >= 0.3 is 0 Å². The van der Waals surface area contributed by atoms with E-state index >= 15 is 0 Å². The molecule has 11 rings (SSSR count). The molecule has 0 heterocycles. The largest absolute Gasteiger partial charge is 0.497 e. The molecule has 0 amide bonds. The van der Waals surface area contributed by atoms with Crippen molar-refractivity contribution in [3.63, 3.8) is 0 Å². The Balaban J connectivity index is 1.30. The Morgan fingerprint density at radius 3 is 1.61 bits per heavy atom. The molecule has 1 aliphatic rings. The van der Waals surface area contributed by atoms with Gasteiger partial charge < -0.3 is 9.47 Å². The second-order valence-electron chi connectivity index (χ2n) is 12.7. The van der Waals surface area contributed by atoms with Gasteiger partial charge in [0.15, 0.2) is 0 Å². The molecule has 0 unspecified atom stereocenters. The molecule has 0 aliphatic heterocycles. The van der Waals surface area contributed by atoms with E-state index < -0.39 is 0 Å². The van der Waals surface area contributed by atoms with Gasteiger partial charge in [0.1, 0.15) is 11.5 Å². The van der Waals surface area contributed by atoms with Gasteiger partial charge in [0, 0.05) is 5.56 Å². The maximum Gasteiger partial charge on any atom is 0.127 e. The van der Waals surface area contributed by atoms with Gasteiger partial charge in [0.25, 0.3) is 0 Å². The predicted octanol–water partition coefficient (Wildman–Crippen LogP) is 12.0. The van der Waals surface area contributed by atoms with E-state index in [0.29, 0.717) is 0 Å². The molecule has 0 fully saturated rings. The topological polar surface area (TPSA) is 18.5 Å². The standard InChI is InChI=1S/C44H26O2/c1-45-24-18-37-35-20-33-29-12-5-8-23-9-6-13-30(41(23)29)34(33)21-36(35)38-22-40(46-2)44(39(19-24)43(37)38)32-17-16-31-26-11-4-3-10-25(26)27-14-7-15-28(32)42(27)31/h3-22H,1-2H3. The molecule has 10 aromatic carbocycles. The zero-order chi connectivity index (χ0) is 30.3. The van der Waals surface area contributed by atoms with Crippen LogP contribution >= 0.6 is 0 Å². The molecule has 0 spiro atoms. The van der Waals surface area contributed by atoms with Gasteiger partial charge in [-0.15, -0.1) is 0 Å². The summed E-state index contributed by atoms with van der Waals surface area (Å²) in [4.78, 5) is 0. The van der Waals surface area contributed by atoms with Crippen molar-refractivity contribution in [2.75, 3.05) is 14.2 Å². The van der Waals surface area contributed by atoms with Crippen LogP contribution in [0.4, 0.5) is 0 Å². The fourth-order valence-electron chi connectivity index (χ4n) is 8.80. The summed E-state index contributed by atoms with van der Waals surface area (Å²) in [5.74, 6) is 1.72. The first-order chi connectivity index (χ1) is 22.7. The Bertz CT molecular complexity index is 2820. The highest BCUT2D eigenvalue weighted by Gasteiger charge is 2.26. The number of benzene rings is 8. The minimum atomic E-state index is 0.847. The van der Waals surface area contributed by atoms with Gasteiger partial charge in [-0.2, -0.15) is 0 Å². The first-order valence-electron chi connectivity index (χ1n) is 15.8. The van der Waals surface area contributed by atoms with Crippen LogP contribution in [0.3, 0.4) is 0 Å². The van der Waals surface area contributed by atoms with Gasteiger partial charge in [-0.3, -0.25) is 0 Å². The van der Waals surface area contributed by atoms with Crippen LogP contribution < -0.4 is 9.47 Å². The lowest BCUT2D eigenvalue weighted by molar-refractivity contribution is 0.415. The van der Waals surface area contributed by atoms with Crippen LogP contribution in [0, 0.1) is 0 Å². The van der Waals surface area contributed by atoms with Crippen molar-refractivity contribution in [3.8, 4) is 44.9 Å². The third-order valence-electron chi connectivity index (χ3n) is 10.7. The number of ether oxygens (including phenoxy) is 2. The Morgan fingerprint density at radius 2 is 0.913 bits per heavy atom. The summed E-state index contributed by atoms with van der Waals surface area (Å²) >= 11 is 0. The number of hydrogen-bond donors (Lipinski definition) is 0. The monoisotopic (exact) mass is 586 g/mol. The number of methoxy groups -OCH3 is 2. The molecule has 214 valence electrons. The van der Waals surface area contributed by atoms with Crippen molar-refractivity contribution >= 4 is 75.4 Å². The van der Waals surface area contributed by atoms with E-state index in [2.05, 4.69) is 121 Å². The minimum absolute atomic E-state index is 0.847. The van der Waals surface area contributed by atoms with E-state index in [1.165, 1.54) is 97.8 Å². The average Bonchev–Trinajstić information content (AvgIpc) is 3.72. The first kappa shape index (κ1) is 24.5. The lowest BCUT2D eigenvalue weighted by atomic mass is 9.89. The summed E-state index contributed by atoms with van der Waals surface area (Å²) in [5, 5.41) is 17.7. The average molecular weight is 587 g/mol. The zero-order valence-electron chi connectivity index (χ0n) is 25.4. The van der Waals surface area contributed by atoms with Gasteiger partial charge in [-0.05, 0) is 134 Å². The molecule has 0 N–H and O–H groups in total. The van der Waals surface area contributed by atoms with Gasteiger partial charge in [-0.25, -0.2) is 0 Å². The van der Waals surface area contributed by atoms with Crippen LogP contribution in [0.25, 0.3) is 109 Å². The van der Waals surface area contributed by atoms with Crippen LogP contribution in [-0.4, -0.2) is 14.2 Å². The maximum atomic E-state index is 6.30. The highest BCUT2D eigenvalue weighted by molar-refractivity contribution is 6.39. The van der Waals surface area contributed by atoms with E-state index in [-0.39, 0.29) is 0 Å². The third-order valence-corrected chi connectivity index (χ3v) is 10.7. The van der Waals surface area contributed by atoms with Crippen LogP contribution in [0.5, 0.6) is 11.5 Å². The smallest absolute Gasteiger partial charge is 0.127 e. The van der Waals surface area contributed by atoms with E-state index in [1.807, 2.05) is 0 Å². The van der Waals surface area contributed by atoms with E-state index in [1.54, 1.807) is 14.2 Å². The molecule has 0 atom stereocenters. The van der Waals surface area contributed by atoms with Crippen molar-refractivity contribution in [3.05, 3.63) is 121 Å². The lowest BCUT2D eigenvalue weighted by Crippen LogP contribution is -1.93. The summed E-state index contributed by atoms with van der Waals surface area (Å²) in [6, 6.07) is 44.9. The Kier molecular flexibility index (Phi) is 4.49. The second-order valence-corrected chi connectivity index (χ2v) is 12.7. The Morgan fingerprint density at radius 1 is 0.348 bits per heavy atom. The van der Waals surface area contributed by atoms with Gasteiger partial charge in [0.2, 0.25) is 0 Å². The molecule has 0 saturated heterocycles. The van der Waals surface area contributed by atoms with E-state index in [0.717, 1.165) is 22.4 Å². The van der Waals surface area contributed by atoms with Crippen LogP contribution in [-0.2, 0) is 0 Å². The highest BCUT2D eigenvalue weighted by atomic mass is 16.5. The van der Waals surface area contributed by atoms with Crippen molar-refractivity contribution in [2.24, 2.45) is 0 Å². The van der Waals surface area contributed by atoms with E-state index in [9.17, 15) is 0 Å². The van der Waals surface area contributed by atoms with Gasteiger partial charge in [-0.1, -0.05) is 91.0 Å². The molecule has 46 heavy (non-hydrogen) atoms. The molecule has 0 saturated carbocycles. The Labute approximate surface area is 264 Å². The molecular formula is C44H26O2. The molecular weight excluding hydrogens is 560 g/mol. The SMILES string of the molecule is COc1cc2c(-c3ccc4c5c(cccc35)-c3ccccc3-4)c(OC)cc3c4cc5c(cc4c(c1)c23)c1cccc2cccc5c21. The Hall–Kier alpha value is -5.86. The fraction of sp³-hybridized carbons (Fsp3) is 0.0455. The van der Waals surface area contributed by atoms with Crippen molar-refractivity contribution in [1.29, 1.82) is 0 Å². The highest BCUT2D eigenvalue weighted by Crippen LogP contribution is 2.54. The number of hydrogen-bond acceptors (Lipinski definition) is 2. The molecule has 0 aromatic heterocycles. The first-order valence-corrected chi connectivity index (χ1v) is 15.8. The lowest BCUT2D eigenvalue weighted by Gasteiger charge is -2.17. The maximum absolute atomic E-state index is 6.30. The molecule has 0 bridgehead atoms. The molecule has 0 radical (unpaired) electrons. The second kappa shape index (κ2) is 8.44. The van der Waals surface area contributed by atoms with E-state index in [4.69, 9.17) is 9.47 Å². The van der Waals surface area contributed by atoms with Crippen molar-refractivity contribution in [1.82, 2.24) is 0 Å². The quantitative estimate of drug-likeness (QED) is 0.205. The summed E-state index contributed by atoms with van der Waals surface area (Å²) < 4.78 is 12.3. The van der Waals surface area contributed by atoms with Crippen LogP contribution in [0.15, 0.2) is 121 Å². The fourth-order valence-corrected chi connectivity index (χ4v) is 8.80. The van der Waals surface area contributed by atoms with Crippen molar-refractivity contribution < 1.29 is 9.47 Å². The van der Waals surface area contributed by atoms with Crippen molar-refractivity contribution in [2.45, 2.75) is 0 Å². The molecule has 1 aliphatic carbocycles. The summed E-state index contributed by atoms with van der Waals surface area (Å²) in [6.07, 6.45) is 0. The molecule has 2 heteroatoms.